The number of hydrogen-bond acceptors (Lipinski definition) is 2. The lowest BCUT2D eigenvalue weighted by Crippen LogP contribution is -2.64. The van der Waals surface area contributed by atoms with Gasteiger partial charge in [-0.2, -0.15) is 0 Å². The number of piperazine rings is 1. The van der Waals surface area contributed by atoms with Gasteiger partial charge in [-0.1, -0.05) is 0 Å². The van der Waals surface area contributed by atoms with Crippen molar-refractivity contribution in [3.05, 3.63) is 0 Å². The fourth-order valence-electron chi connectivity index (χ4n) is 1.56. The monoisotopic (exact) mass is 184 g/mol. The van der Waals surface area contributed by atoms with E-state index in [-0.39, 0.29) is 17.0 Å². The quantitative estimate of drug-likeness (QED) is 0.609. The minimum absolute atomic E-state index is 0.0428. The molecule has 1 fully saturated rings. The van der Waals surface area contributed by atoms with Crippen molar-refractivity contribution in [3.63, 3.8) is 0 Å². The Kier molecular flexibility index (Phi) is 2.41. The summed E-state index contributed by atoms with van der Waals surface area (Å²) in [6.45, 7) is 11.7. The fraction of sp³-hybridized carbons (Fsp3) is 0.900. The van der Waals surface area contributed by atoms with E-state index in [0.717, 1.165) is 6.54 Å². The lowest BCUT2D eigenvalue weighted by molar-refractivity contribution is -0.139. The molecule has 1 rings (SSSR count). The lowest BCUT2D eigenvalue weighted by atomic mass is 9.96. The second-order valence-electron chi connectivity index (χ2n) is 5.39. The molecule has 1 N–H and O–H groups in total. The predicted octanol–water partition coefficient (Wildman–Crippen LogP) is 0.995. The van der Waals surface area contributed by atoms with Crippen LogP contribution in [0, 0.1) is 0 Å². The maximum absolute atomic E-state index is 11.6. The van der Waals surface area contributed by atoms with Crippen LogP contribution in [0.2, 0.25) is 0 Å². The van der Waals surface area contributed by atoms with Gasteiger partial charge in [0.1, 0.15) is 0 Å². The van der Waals surface area contributed by atoms with Crippen LogP contribution in [-0.2, 0) is 4.79 Å². The Morgan fingerprint density at radius 3 is 2.31 bits per heavy atom. The van der Waals surface area contributed by atoms with Crippen molar-refractivity contribution in [2.45, 2.75) is 45.7 Å². The molecule has 3 nitrogen and oxygen atoms in total. The Bertz CT molecular complexity index is 215. The molecule has 76 valence electrons. The third-order valence-corrected chi connectivity index (χ3v) is 2.38. The van der Waals surface area contributed by atoms with Gasteiger partial charge < -0.3 is 10.2 Å². The Morgan fingerprint density at radius 1 is 1.38 bits per heavy atom. The molecular formula is C10H20N2O. The van der Waals surface area contributed by atoms with Crippen LogP contribution in [0.25, 0.3) is 0 Å². The first-order chi connectivity index (χ1) is 5.72. The van der Waals surface area contributed by atoms with Crippen LogP contribution >= 0.6 is 0 Å². The Labute approximate surface area is 80.5 Å². The molecule has 1 heterocycles. The average Bonchev–Trinajstić information content (AvgIpc) is 1.92. The maximum Gasteiger partial charge on any atom is 0.237 e. The van der Waals surface area contributed by atoms with E-state index >= 15 is 0 Å². The van der Waals surface area contributed by atoms with Crippen LogP contribution in [0.4, 0.5) is 0 Å². The number of nitrogens with one attached hydrogen (secondary N) is 1. The lowest BCUT2D eigenvalue weighted by Gasteiger charge is -2.45. The standard InChI is InChI=1S/C10H20N2O/c1-9(2,3)12-7-10(4,5)11-6-8(12)13/h11H,6-7H2,1-5H3. The summed E-state index contributed by atoms with van der Waals surface area (Å²) in [5, 5.41) is 3.22. The SMILES string of the molecule is CC1(C)CN(C(C)(C)C)C(=O)CN1. The zero-order valence-electron chi connectivity index (χ0n) is 9.27. The topological polar surface area (TPSA) is 32.3 Å². The maximum atomic E-state index is 11.6. The van der Waals surface area contributed by atoms with Gasteiger partial charge in [0.15, 0.2) is 0 Å². The van der Waals surface area contributed by atoms with Gasteiger partial charge >= 0.3 is 0 Å². The molecule has 0 saturated carbocycles. The minimum atomic E-state index is -0.0591. The number of rotatable bonds is 0. The second kappa shape index (κ2) is 2.98. The van der Waals surface area contributed by atoms with Crippen LogP contribution in [0.5, 0.6) is 0 Å². The van der Waals surface area contributed by atoms with E-state index in [1.54, 1.807) is 0 Å². The van der Waals surface area contributed by atoms with Crippen molar-refractivity contribution in [1.29, 1.82) is 0 Å². The van der Waals surface area contributed by atoms with Crippen LogP contribution in [0.3, 0.4) is 0 Å². The van der Waals surface area contributed by atoms with Crippen LogP contribution in [-0.4, -0.2) is 35.0 Å². The summed E-state index contributed by atoms with van der Waals surface area (Å²) in [7, 11) is 0. The van der Waals surface area contributed by atoms with Gasteiger partial charge in [0.25, 0.3) is 0 Å². The van der Waals surface area contributed by atoms with Gasteiger partial charge in [0, 0.05) is 17.6 Å². The highest BCUT2D eigenvalue weighted by atomic mass is 16.2. The van der Waals surface area contributed by atoms with Crippen molar-refractivity contribution >= 4 is 5.91 Å². The molecule has 0 spiro atoms. The highest BCUT2D eigenvalue weighted by Gasteiger charge is 2.36. The molecule has 13 heavy (non-hydrogen) atoms. The van der Waals surface area contributed by atoms with E-state index < -0.39 is 0 Å². The minimum Gasteiger partial charge on any atom is -0.335 e. The Morgan fingerprint density at radius 2 is 1.92 bits per heavy atom. The number of hydrogen-bond donors (Lipinski definition) is 1. The fourth-order valence-corrected chi connectivity index (χ4v) is 1.56. The highest BCUT2D eigenvalue weighted by Crippen LogP contribution is 2.20. The molecule has 0 aliphatic carbocycles. The smallest absolute Gasteiger partial charge is 0.237 e. The number of amides is 1. The summed E-state index contributed by atoms with van der Waals surface area (Å²) in [6.07, 6.45) is 0. The molecule has 0 aromatic rings. The zero-order valence-corrected chi connectivity index (χ0v) is 9.27. The van der Waals surface area contributed by atoms with Crippen molar-refractivity contribution in [1.82, 2.24) is 10.2 Å². The molecule has 0 bridgehead atoms. The van der Waals surface area contributed by atoms with Crippen LogP contribution in [0.15, 0.2) is 0 Å². The molecule has 0 atom stereocenters. The summed E-state index contributed by atoms with van der Waals surface area (Å²) >= 11 is 0. The second-order valence-corrected chi connectivity index (χ2v) is 5.39. The first kappa shape index (κ1) is 10.5. The molecule has 0 radical (unpaired) electrons. The number of nitrogens with zero attached hydrogens (tertiary/aromatic N) is 1. The number of carbonyl (C=O) groups is 1. The van der Waals surface area contributed by atoms with Crippen molar-refractivity contribution < 1.29 is 4.79 Å². The summed E-state index contributed by atoms with van der Waals surface area (Å²) in [5.41, 5.74) is -0.0162. The first-order valence-electron chi connectivity index (χ1n) is 4.78. The van der Waals surface area contributed by atoms with E-state index in [9.17, 15) is 4.79 Å². The summed E-state index contributed by atoms with van der Waals surface area (Å²) in [5.74, 6) is 0.201. The normalized spacial score (nSPS) is 23.5. The van der Waals surface area contributed by atoms with Gasteiger partial charge in [-0.3, -0.25) is 4.79 Å². The molecule has 0 aromatic heterocycles. The van der Waals surface area contributed by atoms with E-state index in [0.29, 0.717) is 6.54 Å². The summed E-state index contributed by atoms with van der Waals surface area (Å²) < 4.78 is 0. The number of carbonyl (C=O) groups excluding carboxylic acids is 1. The predicted molar refractivity (Wildman–Crippen MR) is 53.5 cm³/mol. The van der Waals surface area contributed by atoms with E-state index in [1.165, 1.54) is 0 Å². The van der Waals surface area contributed by atoms with E-state index in [1.807, 2.05) is 4.90 Å². The van der Waals surface area contributed by atoms with Gasteiger partial charge in [-0.25, -0.2) is 0 Å². The Hall–Kier alpha value is -0.570. The molecular weight excluding hydrogens is 164 g/mol. The average molecular weight is 184 g/mol. The zero-order chi connectivity index (χ0) is 10.3. The van der Waals surface area contributed by atoms with E-state index in [4.69, 9.17) is 0 Å². The van der Waals surface area contributed by atoms with Crippen LogP contribution in [0.1, 0.15) is 34.6 Å². The Balaban J connectivity index is 2.78. The van der Waals surface area contributed by atoms with Gasteiger partial charge in [-0.15, -0.1) is 0 Å². The summed E-state index contributed by atoms with van der Waals surface area (Å²) in [4.78, 5) is 13.5. The first-order valence-corrected chi connectivity index (χ1v) is 4.78. The largest absolute Gasteiger partial charge is 0.335 e. The van der Waals surface area contributed by atoms with Gasteiger partial charge in [0.05, 0.1) is 6.54 Å². The third kappa shape index (κ3) is 2.44. The van der Waals surface area contributed by atoms with E-state index in [2.05, 4.69) is 39.9 Å². The molecule has 0 aromatic carbocycles. The molecule has 1 aliphatic heterocycles. The van der Waals surface area contributed by atoms with Gasteiger partial charge in [0.2, 0.25) is 5.91 Å². The molecule has 3 heteroatoms. The van der Waals surface area contributed by atoms with Crippen molar-refractivity contribution in [2.24, 2.45) is 0 Å². The third-order valence-electron chi connectivity index (χ3n) is 2.38. The molecule has 1 aliphatic rings. The molecule has 0 unspecified atom stereocenters. The molecule has 1 amide bonds. The van der Waals surface area contributed by atoms with Crippen molar-refractivity contribution in [2.75, 3.05) is 13.1 Å². The van der Waals surface area contributed by atoms with Crippen LogP contribution < -0.4 is 5.32 Å². The molecule has 1 saturated heterocycles. The highest BCUT2D eigenvalue weighted by molar-refractivity contribution is 5.80. The summed E-state index contributed by atoms with van der Waals surface area (Å²) in [6, 6.07) is 0. The van der Waals surface area contributed by atoms with Gasteiger partial charge in [-0.05, 0) is 34.6 Å². The van der Waals surface area contributed by atoms with Crippen molar-refractivity contribution in [3.8, 4) is 0 Å².